The molecule has 2 heterocycles. The molecule has 0 bridgehead atoms. The topological polar surface area (TPSA) is 66.0 Å². The molecule has 0 aliphatic carbocycles. The van der Waals surface area contributed by atoms with Gasteiger partial charge in [0.1, 0.15) is 0 Å². The number of nitrogens with one attached hydrogen (secondary N) is 1. The SMILES string of the molecule is Cc1cccc(CN2CCC(C)(C(=N)N)CC2)n1. The number of hydrogen-bond donors (Lipinski definition) is 2. The Morgan fingerprint density at radius 1 is 1.44 bits per heavy atom. The molecule has 1 aliphatic rings. The Hall–Kier alpha value is -1.42. The van der Waals surface area contributed by atoms with Crippen LogP contribution in [0.3, 0.4) is 0 Å². The minimum atomic E-state index is -0.101. The van der Waals surface area contributed by atoms with E-state index in [4.69, 9.17) is 11.1 Å². The van der Waals surface area contributed by atoms with Crippen molar-refractivity contribution in [2.24, 2.45) is 11.1 Å². The van der Waals surface area contributed by atoms with E-state index in [1.165, 1.54) is 0 Å². The number of nitrogens with zero attached hydrogens (tertiary/aromatic N) is 2. The predicted molar refractivity (Wildman–Crippen MR) is 73.5 cm³/mol. The molecule has 0 atom stereocenters. The lowest BCUT2D eigenvalue weighted by Crippen LogP contribution is -2.44. The summed E-state index contributed by atoms with van der Waals surface area (Å²) in [5.74, 6) is 0.329. The van der Waals surface area contributed by atoms with E-state index in [-0.39, 0.29) is 5.41 Å². The third-order valence-corrected chi connectivity index (χ3v) is 3.94. The standard InChI is InChI=1S/C14H22N4/c1-11-4-3-5-12(17-11)10-18-8-6-14(2,7-9-18)13(15)16/h3-5H,6-10H2,1-2H3,(H3,15,16). The second kappa shape index (κ2) is 5.06. The number of nitrogens with two attached hydrogens (primary N) is 1. The molecule has 1 aromatic heterocycles. The summed E-state index contributed by atoms with van der Waals surface area (Å²) >= 11 is 0. The van der Waals surface area contributed by atoms with Crippen molar-refractivity contribution >= 4 is 5.84 Å². The Bertz CT molecular complexity index is 433. The Morgan fingerprint density at radius 2 is 2.11 bits per heavy atom. The molecule has 4 nitrogen and oxygen atoms in total. The average molecular weight is 246 g/mol. The molecular formula is C14H22N4. The zero-order valence-corrected chi connectivity index (χ0v) is 11.2. The van der Waals surface area contributed by atoms with E-state index in [2.05, 4.69) is 28.9 Å². The number of aromatic nitrogens is 1. The summed E-state index contributed by atoms with van der Waals surface area (Å²) in [5.41, 5.74) is 7.77. The monoisotopic (exact) mass is 246 g/mol. The average Bonchev–Trinajstić information content (AvgIpc) is 2.32. The van der Waals surface area contributed by atoms with E-state index in [1.807, 2.05) is 13.0 Å². The maximum Gasteiger partial charge on any atom is 0.0966 e. The Kier molecular flexibility index (Phi) is 3.66. The van der Waals surface area contributed by atoms with E-state index in [9.17, 15) is 0 Å². The van der Waals surface area contributed by atoms with Crippen LogP contribution in [-0.4, -0.2) is 28.8 Å². The quantitative estimate of drug-likeness (QED) is 0.632. The lowest BCUT2D eigenvalue weighted by molar-refractivity contribution is 0.154. The molecule has 1 aliphatic heterocycles. The number of pyridine rings is 1. The summed E-state index contributed by atoms with van der Waals surface area (Å²) in [4.78, 5) is 6.93. The van der Waals surface area contributed by atoms with Crippen molar-refractivity contribution in [2.75, 3.05) is 13.1 Å². The first-order valence-corrected chi connectivity index (χ1v) is 6.49. The first kappa shape index (κ1) is 13.0. The van der Waals surface area contributed by atoms with Crippen molar-refractivity contribution < 1.29 is 0 Å². The summed E-state index contributed by atoms with van der Waals surface area (Å²) in [6, 6.07) is 6.15. The predicted octanol–water partition coefficient (Wildman–Crippen LogP) is 1.93. The van der Waals surface area contributed by atoms with Gasteiger partial charge in [-0.15, -0.1) is 0 Å². The van der Waals surface area contributed by atoms with E-state index < -0.39 is 0 Å². The van der Waals surface area contributed by atoms with Gasteiger partial charge in [0, 0.05) is 17.7 Å². The molecule has 98 valence electrons. The molecular weight excluding hydrogens is 224 g/mol. The number of aryl methyl sites for hydroxylation is 1. The van der Waals surface area contributed by atoms with Crippen molar-refractivity contribution in [1.29, 1.82) is 5.41 Å². The molecule has 0 amide bonds. The lowest BCUT2D eigenvalue weighted by Gasteiger charge is -2.38. The van der Waals surface area contributed by atoms with Crippen LogP contribution in [0.1, 0.15) is 31.2 Å². The summed E-state index contributed by atoms with van der Waals surface area (Å²) < 4.78 is 0. The molecule has 0 radical (unpaired) electrons. The zero-order valence-electron chi connectivity index (χ0n) is 11.2. The van der Waals surface area contributed by atoms with Crippen LogP contribution in [0.2, 0.25) is 0 Å². The Labute approximate surface area is 109 Å². The second-order valence-electron chi connectivity index (χ2n) is 5.52. The highest BCUT2D eigenvalue weighted by Crippen LogP contribution is 2.30. The number of likely N-dealkylation sites (tertiary alicyclic amines) is 1. The highest BCUT2D eigenvalue weighted by atomic mass is 15.1. The van der Waals surface area contributed by atoms with Crippen molar-refractivity contribution in [1.82, 2.24) is 9.88 Å². The molecule has 0 spiro atoms. The molecule has 0 unspecified atom stereocenters. The summed E-state index contributed by atoms with van der Waals surface area (Å²) in [7, 11) is 0. The molecule has 2 rings (SSSR count). The molecule has 18 heavy (non-hydrogen) atoms. The zero-order chi connectivity index (χ0) is 13.2. The molecule has 1 saturated heterocycles. The maximum atomic E-state index is 7.65. The molecule has 3 N–H and O–H groups in total. The molecule has 4 heteroatoms. The van der Waals surface area contributed by atoms with Gasteiger partial charge in [-0.1, -0.05) is 13.0 Å². The van der Waals surface area contributed by atoms with Gasteiger partial charge in [0.15, 0.2) is 0 Å². The van der Waals surface area contributed by atoms with Crippen LogP contribution in [0.5, 0.6) is 0 Å². The second-order valence-corrected chi connectivity index (χ2v) is 5.52. The van der Waals surface area contributed by atoms with Crippen molar-refractivity contribution in [2.45, 2.75) is 33.2 Å². The van der Waals surface area contributed by atoms with Crippen LogP contribution in [0, 0.1) is 17.7 Å². The number of amidine groups is 1. The van der Waals surface area contributed by atoms with E-state index >= 15 is 0 Å². The van der Waals surface area contributed by atoms with E-state index in [0.717, 1.165) is 43.9 Å². The van der Waals surface area contributed by atoms with Gasteiger partial charge in [-0.3, -0.25) is 15.3 Å². The van der Waals surface area contributed by atoms with Crippen molar-refractivity contribution in [3.05, 3.63) is 29.6 Å². The molecule has 0 aromatic carbocycles. The van der Waals surface area contributed by atoms with Gasteiger partial charge < -0.3 is 5.73 Å². The fourth-order valence-electron chi connectivity index (χ4n) is 2.39. The first-order valence-electron chi connectivity index (χ1n) is 6.49. The van der Waals surface area contributed by atoms with Gasteiger partial charge in [0.05, 0.1) is 11.5 Å². The van der Waals surface area contributed by atoms with Gasteiger partial charge in [-0.2, -0.15) is 0 Å². The van der Waals surface area contributed by atoms with Crippen LogP contribution in [-0.2, 0) is 6.54 Å². The molecule has 1 aromatic rings. The number of piperidine rings is 1. The minimum absolute atomic E-state index is 0.101. The van der Waals surface area contributed by atoms with Gasteiger partial charge in [0.25, 0.3) is 0 Å². The normalized spacial score (nSPS) is 19.7. The summed E-state index contributed by atoms with van der Waals surface area (Å²) in [6.07, 6.45) is 1.93. The molecule has 0 saturated carbocycles. The van der Waals surface area contributed by atoms with Crippen LogP contribution in [0.25, 0.3) is 0 Å². The first-order chi connectivity index (χ1) is 8.49. The third-order valence-electron chi connectivity index (χ3n) is 3.94. The number of hydrogen-bond acceptors (Lipinski definition) is 3. The van der Waals surface area contributed by atoms with Crippen molar-refractivity contribution in [3.8, 4) is 0 Å². The van der Waals surface area contributed by atoms with Crippen molar-refractivity contribution in [3.63, 3.8) is 0 Å². The largest absolute Gasteiger partial charge is 0.387 e. The fourth-order valence-corrected chi connectivity index (χ4v) is 2.39. The van der Waals surface area contributed by atoms with E-state index in [1.54, 1.807) is 0 Å². The summed E-state index contributed by atoms with van der Waals surface area (Å²) in [6.45, 7) is 7.00. The van der Waals surface area contributed by atoms with Gasteiger partial charge in [-0.05, 0) is 45.0 Å². The van der Waals surface area contributed by atoms with Gasteiger partial charge in [0.2, 0.25) is 0 Å². The Balaban J connectivity index is 1.93. The smallest absolute Gasteiger partial charge is 0.0966 e. The van der Waals surface area contributed by atoms with Crippen LogP contribution < -0.4 is 5.73 Å². The maximum absolute atomic E-state index is 7.65. The third kappa shape index (κ3) is 2.88. The van der Waals surface area contributed by atoms with Gasteiger partial charge >= 0.3 is 0 Å². The Morgan fingerprint density at radius 3 is 2.67 bits per heavy atom. The van der Waals surface area contributed by atoms with E-state index in [0.29, 0.717) is 5.84 Å². The molecule has 1 fully saturated rings. The summed E-state index contributed by atoms with van der Waals surface area (Å²) in [5, 5.41) is 7.65. The van der Waals surface area contributed by atoms with Crippen LogP contribution >= 0.6 is 0 Å². The minimum Gasteiger partial charge on any atom is -0.387 e. The number of rotatable bonds is 3. The fraction of sp³-hybridized carbons (Fsp3) is 0.571. The lowest BCUT2D eigenvalue weighted by atomic mass is 9.79. The van der Waals surface area contributed by atoms with Gasteiger partial charge in [-0.25, -0.2) is 0 Å². The highest BCUT2D eigenvalue weighted by molar-refractivity contribution is 5.83. The highest BCUT2D eigenvalue weighted by Gasteiger charge is 2.32. The van der Waals surface area contributed by atoms with Crippen LogP contribution in [0.4, 0.5) is 0 Å². The van der Waals surface area contributed by atoms with Crippen LogP contribution in [0.15, 0.2) is 18.2 Å².